The molecule has 0 spiro atoms. The van der Waals surface area contributed by atoms with Crippen molar-refractivity contribution >= 4 is 21.6 Å². The lowest BCUT2D eigenvalue weighted by molar-refractivity contribution is 0.279. The molecule has 0 unspecified atom stereocenters. The number of rotatable bonds is 3. The van der Waals surface area contributed by atoms with Gasteiger partial charge in [-0.25, -0.2) is 4.98 Å². The zero-order valence-electron chi connectivity index (χ0n) is 12.8. The number of fused-ring (bicyclic) bond motifs is 1. The Hall–Kier alpha value is -0.910. The van der Waals surface area contributed by atoms with Gasteiger partial charge in [-0.3, -0.25) is 4.90 Å². The van der Waals surface area contributed by atoms with Gasteiger partial charge in [0.05, 0.1) is 15.9 Å². The predicted octanol–water partition coefficient (Wildman–Crippen LogP) is 3.02. The molecule has 0 aromatic carbocycles. The average molecular weight is 351 g/mol. The van der Waals surface area contributed by atoms with E-state index in [-0.39, 0.29) is 0 Å². The Kier molecular flexibility index (Phi) is 4.62. The van der Waals surface area contributed by atoms with Gasteiger partial charge >= 0.3 is 0 Å². The first-order valence-electron chi connectivity index (χ1n) is 7.75. The minimum atomic E-state index is 0.442. The number of halogens is 1. The van der Waals surface area contributed by atoms with Crippen molar-refractivity contribution in [3.8, 4) is 0 Å². The highest BCUT2D eigenvalue weighted by molar-refractivity contribution is 9.10. The second-order valence-corrected chi connectivity index (χ2v) is 6.88. The van der Waals surface area contributed by atoms with Gasteiger partial charge < -0.3 is 9.72 Å². The minimum Gasteiger partial charge on any atom is -0.315 e. The third kappa shape index (κ3) is 3.15. The maximum absolute atomic E-state index is 4.87. The number of imidazole rings is 1. The first kappa shape index (κ1) is 15.0. The highest BCUT2D eigenvalue weighted by Gasteiger charge is 2.19. The second-order valence-electron chi connectivity index (χ2n) is 6.03. The normalized spacial score (nSPS) is 17.5. The first-order chi connectivity index (χ1) is 10.2. The van der Waals surface area contributed by atoms with Crippen molar-refractivity contribution in [1.29, 1.82) is 0 Å². The maximum Gasteiger partial charge on any atom is 0.151 e. The molecule has 0 saturated carbocycles. The van der Waals surface area contributed by atoms with Crippen molar-refractivity contribution < 1.29 is 0 Å². The zero-order chi connectivity index (χ0) is 14.8. The van der Waals surface area contributed by atoms with Gasteiger partial charge in [0.1, 0.15) is 0 Å². The summed E-state index contributed by atoms with van der Waals surface area (Å²) in [5.74, 6) is 0.442. The Bertz CT molecular complexity index is 612. The van der Waals surface area contributed by atoms with Crippen LogP contribution in [0.4, 0.5) is 0 Å². The molecule has 0 amide bonds. The summed E-state index contributed by atoms with van der Waals surface area (Å²) in [5.41, 5.74) is 3.59. The smallest absolute Gasteiger partial charge is 0.151 e. The van der Waals surface area contributed by atoms with E-state index in [0.29, 0.717) is 5.92 Å². The summed E-state index contributed by atoms with van der Waals surface area (Å²) in [6, 6.07) is 4.14. The molecule has 1 fully saturated rings. The summed E-state index contributed by atoms with van der Waals surface area (Å²) >= 11 is 3.62. The Labute approximate surface area is 134 Å². The highest BCUT2D eigenvalue weighted by atomic mass is 79.9. The van der Waals surface area contributed by atoms with Crippen molar-refractivity contribution in [3.05, 3.63) is 34.2 Å². The van der Waals surface area contributed by atoms with Crippen LogP contribution in [-0.4, -0.2) is 40.5 Å². The Morgan fingerprint density at radius 2 is 2.19 bits per heavy atom. The zero-order valence-corrected chi connectivity index (χ0v) is 14.4. The van der Waals surface area contributed by atoms with Crippen molar-refractivity contribution in [1.82, 2.24) is 19.6 Å². The number of hydrogen-bond acceptors (Lipinski definition) is 3. The summed E-state index contributed by atoms with van der Waals surface area (Å²) in [7, 11) is 0. The summed E-state index contributed by atoms with van der Waals surface area (Å²) in [4.78, 5) is 7.41. The van der Waals surface area contributed by atoms with E-state index in [1.54, 1.807) is 0 Å². The molecule has 4 nitrogen and oxygen atoms in total. The molecule has 3 rings (SSSR count). The molecule has 1 saturated heterocycles. The van der Waals surface area contributed by atoms with Crippen LogP contribution in [-0.2, 0) is 6.54 Å². The number of aromatic nitrogens is 2. The molecule has 1 aliphatic heterocycles. The summed E-state index contributed by atoms with van der Waals surface area (Å²) in [6.45, 7) is 9.91. The molecule has 21 heavy (non-hydrogen) atoms. The Morgan fingerprint density at radius 1 is 1.33 bits per heavy atom. The third-order valence-corrected chi connectivity index (χ3v) is 4.70. The molecule has 1 N–H and O–H groups in total. The molecule has 2 aromatic heterocycles. The molecule has 0 aliphatic carbocycles. The molecule has 1 aliphatic rings. The SMILES string of the molecule is CC(C)c1nc2c(Br)cccn2c1CN1CCCNCC1. The van der Waals surface area contributed by atoms with Crippen LogP contribution in [0.1, 0.15) is 37.6 Å². The van der Waals surface area contributed by atoms with E-state index in [1.807, 2.05) is 0 Å². The number of hydrogen-bond donors (Lipinski definition) is 1. The van der Waals surface area contributed by atoms with E-state index in [4.69, 9.17) is 4.98 Å². The van der Waals surface area contributed by atoms with E-state index < -0.39 is 0 Å². The van der Waals surface area contributed by atoms with Gasteiger partial charge in [-0.1, -0.05) is 13.8 Å². The van der Waals surface area contributed by atoms with Gasteiger partial charge in [-0.05, 0) is 53.5 Å². The van der Waals surface area contributed by atoms with E-state index >= 15 is 0 Å². The third-order valence-electron chi connectivity index (χ3n) is 4.09. The van der Waals surface area contributed by atoms with Gasteiger partial charge in [0, 0.05) is 25.8 Å². The van der Waals surface area contributed by atoms with Crippen LogP contribution in [0, 0.1) is 0 Å². The van der Waals surface area contributed by atoms with E-state index in [0.717, 1.165) is 42.8 Å². The maximum atomic E-state index is 4.87. The fourth-order valence-electron chi connectivity index (χ4n) is 2.99. The molecule has 0 atom stereocenters. The molecule has 2 aromatic rings. The fraction of sp³-hybridized carbons (Fsp3) is 0.562. The van der Waals surface area contributed by atoms with E-state index in [2.05, 4.69) is 62.7 Å². The quantitative estimate of drug-likeness (QED) is 0.923. The minimum absolute atomic E-state index is 0.442. The summed E-state index contributed by atoms with van der Waals surface area (Å²) in [5, 5.41) is 3.47. The van der Waals surface area contributed by atoms with Crippen molar-refractivity contribution in [2.24, 2.45) is 0 Å². The van der Waals surface area contributed by atoms with Crippen molar-refractivity contribution in [2.75, 3.05) is 26.2 Å². The first-order valence-corrected chi connectivity index (χ1v) is 8.54. The molecule has 3 heterocycles. The van der Waals surface area contributed by atoms with Crippen LogP contribution in [0.25, 0.3) is 5.65 Å². The lowest BCUT2D eigenvalue weighted by Gasteiger charge is -2.20. The van der Waals surface area contributed by atoms with Crippen molar-refractivity contribution in [3.63, 3.8) is 0 Å². The van der Waals surface area contributed by atoms with E-state index in [9.17, 15) is 0 Å². The van der Waals surface area contributed by atoms with Crippen LogP contribution in [0.15, 0.2) is 22.8 Å². The second kappa shape index (κ2) is 6.46. The predicted molar refractivity (Wildman–Crippen MR) is 89.7 cm³/mol. The average Bonchev–Trinajstić information content (AvgIpc) is 2.65. The monoisotopic (exact) mass is 350 g/mol. The lowest BCUT2D eigenvalue weighted by Crippen LogP contribution is -2.28. The molecule has 0 radical (unpaired) electrons. The largest absolute Gasteiger partial charge is 0.315 e. The Morgan fingerprint density at radius 3 is 3.00 bits per heavy atom. The van der Waals surface area contributed by atoms with Gasteiger partial charge in [-0.2, -0.15) is 0 Å². The summed E-state index contributed by atoms with van der Waals surface area (Å²) < 4.78 is 3.31. The van der Waals surface area contributed by atoms with Crippen molar-refractivity contribution in [2.45, 2.75) is 32.7 Å². The molecule has 5 heteroatoms. The Balaban J connectivity index is 1.98. The number of nitrogens with zero attached hydrogens (tertiary/aromatic N) is 3. The molecule has 114 valence electrons. The lowest BCUT2D eigenvalue weighted by atomic mass is 10.1. The summed E-state index contributed by atoms with van der Waals surface area (Å²) in [6.07, 6.45) is 3.35. The van der Waals surface area contributed by atoms with Crippen LogP contribution in [0.5, 0.6) is 0 Å². The van der Waals surface area contributed by atoms with Gasteiger partial charge in [0.25, 0.3) is 0 Å². The van der Waals surface area contributed by atoms with Crippen LogP contribution < -0.4 is 5.32 Å². The fourth-order valence-corrected chi connectivity index (χ4v) is 3.42. The topological polar surface area (TPSA) is 32.6 Å². The number of pyridine rings is 1. The molecular formula is C16H23BrN4. The van der Waals surface area contributed by atoms with Gasteiger partial charge in [-0.15, -0.1) is 0 Å². The highest BCUT2D eigenvalue weighted by Crippen LogP contribution is 2.26. The molecule has 0 bridgehead atoms. The standard InChI is InChI=1S/C16H23BrN4/c1-12(2)15-14(11-20-8-4-6-18-7-10-20)21-9-3-5-13(17)16(21)19-15/h3,5,9,12,18H,4,6-8,10-11H2,1-2H3. The molecular weight excluding hydrogens is 328 g/mol. The van der Waals surface area contributed by atoms with E-state index in [1.165, 1.54) is 17.8 Å². The van der Waals surface area contributed by atoms with Crippen LogP contribution in [0.3, 0.4) is 0 Å². The van der Waals surface area contributed by atoms with Gasteiger partial charge in [0.2, 0.25) is 0 Å². The number of nitrogens with one attached hydrogen (secondary N) is 1. The van der Waals surface area contributed by atoms with Gasteiger partial charge in [0.15, 0.2) is 5.65 Å². The van der Waals surface area contributed by atoms with Crippen LogP contribution in [0.2, 0.25) is 0 Å². The van der Waals surface area contributed by atoms with Crippen LogP contribution >= 0.6 is 15.9 Å².